The van der Waals surface area contributed by atoms with Gasteiger partial charge in [-0.2, -0.15) is 5.10 Å². The fourth-order valence-electron chi connectivity index (χ4n) is 2.75. The van der Waals surface area contributed by atoms with Crippen LogP contribution < -0.4 is 14.9 Å². The molecule has 4 nitrogen and oxygen atoms in total. The molecule has 0 aliphatic heterocycles. The standard InChI is InChI=1S/C23H20Cl3FN2O2/c1-2-30-22-11-16(12-28-29-13-18-19(24)4-3-5-20(18)25)10-21(26)23(22)31-14-15-6-8-17(27)9-7-15/h3-12,29H,2,13-14H2,1H3/b28-12-. The monoisotopic (exact) mass is 480 g/mol. The number of benzene rings is 3. The van der Waals surface area contributed by atoms with Crippen LogP contribution in [0.4, 0.5) is 4.39 Å². The van der Waals surface area contributed by atoms with Crippen LogP contribution in [0.15, 0.2) is 59.7 Å². The third kappa shape index (κ3) is 6.50. The van der Waals surface area contributed by atoms with Gasteiger partial charge in [-0.15, -0.1) is 0 Å². The third-order valence-electron chi connectivity index (χ3n) is 4.25. The second-order valence-corrected chi connectivity index (χ2v) is 7.69. The molecule has 0 spiro atoms. The smallest absolute Gasteiger partial charge is 0.180 e. The first-order valence-electron chi connectivity index (χ1n) is 9.50. The van der Waals surface area contributed by atoms with E-state index >= 15 is 0 Å². The summed E-state index contributed by atoms with van der Waals surface area (Å²) in [5.41, 5.74) is 5.22. The molecule has 0 bridgehead atoms. The molecule has 162 valence electrons. The van der Waals surface area contributed by atoms with Crippen molar-refractivity contribution in [3.8, 4) is 11.5 Å². The van der Waals surface area contributed by atoms with Crippen molar-refractivity contribution in [2.45, 2.75) is 20.1 Å². The molecule has 8 heteroatoms. The second-order valence-electron chi connectivity index (χ2n) is 6.47. The minimum absolute atomic E-state index is 0.230. The highest BCUT2D eigenvalue weighted by Gasteiger charge is 2.13. The molecule has 0 atom stereocenters. The van der Waals surface area contributed by atoms with Gasteiger partial charge in [0, 0.05) is 15.6 Å². The maximum Gasteiger partial charge on any atom is 0.180 e. The summed E-state index contributed by atoms with van der Waals surface area (Å²) in [5.74, 6) is 0.611. The Kier molecular flexibility index (Phi) is 8.41. The van der Waals surface area contributed by atoms with Gasteiger partial charge in [-0.1, -0.05) is 53.0 Å². The van der Waals surface area contributed by atoms with Crippen LogP contribution in [0.25, 0.3) is 0 Å². The fourth-order valence-corrected chi connectivity index (χ4v) is 3.55. The van der Waals surface area contributed by atoms with Crippen molar-refractivity contribution in [3.05, 3.63) is 92.2 Å². The Hall–Kier alpha value is -2.47. The van der Waals surface area contributed by atoms with Crippen LogP contribution in [0, 0.1) is 5.82 Å². The van der Waals surface area contributed by atoms with E-state index in [1.165, 1.54) is 12.1 Å². The van der Waals surface area contributed by atoms with Crippen LogP contribution in [0.2, 0.25) is 15.1 Å². The predicted octanol–water partition coefficient (Wildman–Crippen LogP) is 6.89. The lowest BCUT2D eigenvalue weighted by Crippen LogP contribution is -2.07. The van der Waals surface area contributed by atoms with Gasteiger partial charge in [-0.25, -0.2) is 4.39 Å². The quantitative estimate of drug-likeness (QED) is 0.267. The molecule has 0 aliphatic rings. The van der Waals surface area contributed by atoms with Crippen LogP contribution in [0.5, 0.6) is 11.5 Å². The first-order chi connectivity index (χ1) is 15.0. The first kappa shape index (κ1) is 23.2. The minimum atomic E-state index is -0.300. The third-order valence-corrected chi connectivity index (χ3v) is 5.24. The summed E-state index contributed by atoms with van der Waals surface area (Å²) >= 11 is 18.7. The molecular formula is C23H20Cl3FN2O2. The summed E-state index contributed by atoms with van der Waals surface area (Å²) in [6, 6.07) is 14.9. The first-order valence-corrected chi connectivity index (χ1v) is 10.6. The number of nitrogens with one attached hydrogen (secondary N) is 1. The molecular weight excluding hydrogens is 462 g/mol. The van der Waals surface area contributed by atoms with Gasteiger partial charge in [-0.3, -0.25) is 0 Å². The maximum atomic E-state index is 13.1. The second kappa shape index (κ2) is 11.2. The average Bonchev–Trinajstić information content (AvgIpc) is 2.74. The molecule has 0 aliphatic carbocycles. The summed E-state index contributed by atoms with van der Waals surface area (Å²) in [4.78, 5) is 0. The molecule has 1 N–H and O–H groups in total. The highest BCUT2D eigenvalue weighted by Crippen LogP contribution is 2.37. The number of halogens is 4. The van der Waals surface area contributed by atoms with E-state index in [0.29, 0.717) is 39.7 Å². The van der Waals surface area contributed by atoms with Crippen molar-refractivity contribution < 1.29 is 13.9 Å². The van der Waals surface area contributed by atoms with Gasteiger partial charge in [0.15, 0.2) is 11.5 Å². The Bertz CT molecular complexity index is 1040. The minimum Gasteiger partial charge on any atom is -0.490 e. The van der Waals surface area contributed by atoms with Crippen LogP contribution in [-0.4, -0.2) is 12.8 Å². The largest absolute Gasteiger partial charge is 0.490 e. The summed E-state index contributed by atoms with van der Waals surface area (Å²) in [6.45, 7) is 2.91. The predicted molar refractivity (Wildman–Crippen MR) is 124 cm³/mol. The molecule has 0 aromatic heterocycles. The number of hydrogen-bond donors (Lipinski definition) is 1. The zero-order valence-corrected chi connectivity index (χ0v) is 18.9. The molecule has 0 fully saturated rings. The van der Waals surface area contributed by atoms with E-state index in [1.807, 2.05) is 6.92 Å². The molecule has 0 unspecified atom stereocenters. The van der Waals surface area contributed by atoms with Gasteiger partial charge in [0.05, 0.1) is 24.4 Å². The average molecular weight is 482 g/mol. The maximum absolute atomic E-state index is 13.1. The van der Waals surface area contributed by atoms with Crippen LogP contribution in [0.1, 0.15) is 23.6 Å². The Morgan fingerprint density at radius 1 is 0.968 bits per heavy atom. The Balaban J connectivity index is 1.70. The van der Waals surface area contributed by atoms with E-state index in [0.717, 1.165) is 16.7 Å². The van der Waals surface area contributed by atoms with Crippen molar-refractivity contribution in [2.24, 2.45) is 5.10 Å². The number of rotatable bonds is 9. The molecule has 31 heavy (non-hydrogen) atoms. The zero-order valence-electron chi connectivity index (χ0n) is 16.7. The molecule has 3 aromatic carbocycles. The lowest BCUT2D eigenvalue weighted by Gasteiger charge is -2.14. The van der Waals surface area contributed by atoms with Crippen LogP contribution in [0.3, 0.4) is 0 Å². The molecule has 0 saturated heterocycles. The SMILES string of the molecule is CCOc1cc(/C=N\NCc2c(Cl)cccc2Cl)cc(Cl)c1OCc1ccc(F)cc1. The molecule has 3 rings (SSSR count). The summed E-state index contributed by atoms with van der Waals surface area (Å²) < 4.78 is 24.6. The highest BCUT2D eigenvalue weighted by molar-refractivity contribution is 6.36. The Morgan fingerprint density at radius 3 is 2.35 bits per heavy atom. The van der Waals surface area contributed by atoms with Crippen molar-refractivity contribution >= 4 is 41.0 Å². The van der Waals surface area contributed by atoms with E-state index in [-0.39, 0.29) is 12.4 Å². The summed E-state index contributed by atoms with van der Waals surface area (Å²) in [7, 11) is 0. The lowest BCUT2D eigenvalue weighted by molar-refractivity contribution is 0.269. The van der Waals surface area contributed by atoms with Crippen LogP contribution >= 0.6 is 34.8 Å². The van der Waals surface area contributed by atoms with Gasteiger partial charge in [0.1, 0.15) is 12.4 Å². The van der Waals surface area contributed by atoms with Gasteiger partial charge >= 0.3 is 0 Å². The van der Waals surface area contributed by atoms with E-state index in [2.05, 4.69) is 10.5 Å². The van der Waals surface area contributed by atoms with E-state index < -0.39 is 0 Å². The molecule has 3 aromatic rings. The number of hydrogen-bond acceptors (Lipinski definition) is 4. The van der Waals surface area contributed by atoms with Crippen LogP contribution in [-0.2, 0) is 13.2 Å². The van der Waals surface area contributed by atoms with Crippen molar-refractivity contribution in [1.82, 2.24) is 5.43 Å². The molecule has 0 radical (unpaired) electrons. The van der Waals surface area contributed by atoms with Crippen molar-refractivity contribution in [1.29, 1.82) is 0 Å². The number of nitrogens with zero attached hydrogens (tertiary/aromatic N) is 1. The van der Waals surface area contributed by atoms with Gasteiger partial charge in [0.25, 0.3) is 0 Å². The molecule has 0 heterocycles. The van der Waals surface area contributed by atoms with Gasteiger partial charge < -0.3 is 14.9 Å². The fraction of sp³-hybridized carbons (Fsp3) is 0.174. The van der Waals surface area contributed by atoms with E-state index in [4.69, 9.17) is 44.3 Å². The molecule has 0 saturated carbocycles. The van der Waals surface area contributed by atoms with Gasteiger partial charge in [0.2, 0.25) is 0 Å². The highest BCUT2D eigenvalue weighted by atomic mass is 35.5. The Labute approximate surface area is 195 Å². The number of hydrazone groups is 1. The zero-order chi connectivity index (χ0) is 22.2. The normalized spacial score (nSPS) is 11.0. The van der Waals surface area contributed by atoms with E-state index in [1.54, 1.807) is 48.7 Å². The summed E-state index contributed by atoms with van der Waals surface area (Å²) in [5, 5.41) is 5.73. The van der Waals surface area contributed by atoms with Crippen molar-refractivity contribution in [3.63, 3.8) is 0 Å². The Morgan fingerprint density at radius 2 is 1.68 bits per heavy atom. The van der Waals surface area contributed by atoms with Gasteiger partial charge in [-0.05, 0) is 54.4 Å². The summed E-state index contributed by atoms with van der Waals surface area (Å²) in [6.07, 6.45) is 1.61. The number of ether oxygens (including phenoxy) is 2. The lowest BCUT2D eigenvalue weighted by atomic mass is 10.2. The molecule has 0 amide bonds. The van der Waals surface area contributed by atoms with E-state index in [9.17, 15) is 4.39 Å². The topological polar surface area (TPSA) is 42.8 Å². The van der Waals surface area contributed by atoms with Crippen molar-refractivity contribution in [2.75, 3.05) is 6.61 Å².